The number of urea groups is 2. The lowest BCUT2D eigenvalue weighted by atomic mass is 9.96. The number of H-pyrrole nitrogens is 8. The van der Waals surface area contributed by atoms with Crippen LogP contribution in [0.25, 0.3) is 179 Å². The number of aromatic amines is 8. The quantitative estimate of drug-likeness (QED) is 0.0380. The number of piperazine rings is 1. The van der Waals surface area contributed by atoms with Crippen molar-refractivity contribution in [1.82, 2.24) is 180 Å². The molecule has 0 atom stereocenters. The standard InChI is InChI=1S/C27H28N10O2.C26H27N11O2.C23H22N10O2.C21H19N9O3S/c1-36(2)27(39)20-13-29-14-21-22(20)33-25(32-21)23-19-9-17(11-30-24(19)35-34-23)16-8-18(12-28-10-16)31-26(38)15-4-6-37(3)7-5-15;1-35(2)25(38)19-13-28-14-20-21(19)32-24(31-20)22-18-9-16(11-29-23(18)34-33-22)15-8-17(12-27-10-15)30-26(39)37-6-4-36(3)5-7-37;1-32(2)22(34)16-10-25-11-17-18(16)29-21(28-17)19-15-6-13(8-26-20(15)31-30-19)12-5-14(9-24-7-12)27-23(35)33(3)4;1-30(2)21(31)15-9-23-10-16-17(15)26-20(25-16)18-14-5-12(7-24-19(14)28-27-18)11-4-13(8-22-6-11)29-34(3,32)33/h8-15H,4-7H2,1-3H3,(H,31,38)(H,32,33)(H,30,34,35);8-14H,4-7H2,1-3H3,(H,30,39)(H,31,32)(H,29,33,34);5-11H,1-4H3,(H,27,35)(H,28,29)(H,26,30,31);4-10,29H,1-3H3,(H,25,26)(H,24,27,28). The van der Waals surface area contributed by atoms with E-state index in [4.69, 9.17) is 9.97 Å². The Morgan fingerprint density at radius 3 is 0.912 bits per heavy atom. The van der Waals surface area contributed by atoms with Crippen LogP contribution < -0.4 is 20.7 Å². The third-order valence-corrected chi connectivity index (χ3v) is 25.0. The lowest BCUT2D eigenvalue weighted by Gasteiger charge is -2.32. The second kappa shape index (κ2) is 40.6. The van der Waals surface area contributed by atoms with E-state index in [1.807, 2.05) is 49.5 Å². The van der Waals surface area contributed by atoms with Crippen LogP contribution in [0.5, 0.6) is 0 Å². The van der Waals surface area contributed by atoms with Gasteiger partial charge < -0.3 is 75.1 Å². The van der Waals surface area contributed by atoms with Gasteiger partial charge in [-0.05, 0) is 88.6 Å². The molecule has 147 heavy (non-hydrogen) atoms. The number of anilines is 4. The number of nitrogens with zero attached hydrogens (tertiary/aromatic N) is 28. The highest BCUT2D eigenvalue weighted by Gasteiger charge is 2.30. The number of sulfonamides is 1. The van der Waals surface area contributed by atoms with Crippen LogP contribution in [0, 0.1) is 5.92 Å². The Balaban J connectivity index is 0.000000124. The fraction of sp³-hybridized carbons (Fsp3) is 0.227. The van der Waals surface area contributed by atoms with E-state index in [0.717, 1.165) is 94.8 Å². The van der Waals surface area contributed by atoms with Crippen LogP contribution in [-0.4, -0.2) is 360 Å². The van der Waals surface area contributed by atoms with Crippen LogP contribution in [0.3, 0.4) is 0 Å². The van der Waals surface area contributed by atoms with Crippen molar-refractivity contribution in [3.05, 3.63) is 195 Å². The van der Waals surface area contributed by atoms with E-state index >= 15 is 0 Å². The number of imidazole rings is 4. The van der Waals surface area contributed by atoms with Crippen molar-refractivity contribution in [1.29, 1.82) is 0 Å². The molecule has 0 unspecified atom stereocenters. The molecule has 50 heteroatoms. The van der Waals surface area contributed by atoms with E-state index in [-0.39, 0.29) is 47.5 Å². The highest BCUT2D eigenvalue weighted by molar-refractivity contribution is 7.92. The number of likely N-dealkylation sites (tertiary alicyclic amines) is 1. The number of nitrogens with one attached hydrogen (secondary N) is 12. The van der Waals surface area contributed by atoms with Gasteiger partial charge in [-0.15, -0.1) is 0 Å². The highest BCUT2D eigenvalue weighted by Crippen LogP contribution is 2.38. The SMILES string of the molecule is CN(C)C(=O)Nc1cncc(-c2cnc3n[nH]c(-c4nc5c(C(=O)N(C)C)cncc5[nH]4)c3c2)c1.CN(C)C(=O)c1cncc2[nH]c(-c3[nH]nc4ncc(-c5cncc(NS(C)(=O)=O)c5)cc34)nc12.CN1CCC(C(=O)Nc2cncc(-c3cnc4n[nH]c(-c5nc6c(C(=O)N(C)C)cncc6[nH]5)c4c3)c2)CC1.CN1CCN(C(=O)Nc2cncc(-c3cnc4n[nH]c(-c5nc6c(C(=O)N(C)C)cncc6[nH]5)c4c3)c2)CC1. The first-order valence-electron chi connectivity index (χ1n) is 45.9. The summed E-state index contributed by atoms with van der Waals surface area (Å²) in [7, 11) is 17.5. The van der Waals surface area contributed by atoms with Crippen LogP contribution in [0.1, 0.15) is 54.3 Å². The average molecular weight is 2000 g/mol. The molecule has 0 bridgehead atoms. The Morgan fingerprint density at radius 2 is 0.605 bits per heavy atom. The zero-order valence-corrected chi connectivity index (χ0v) is 82.3. The summed E-state index contributed by atoms with van der Waals surface area (Å²) in [6, 6.07) is 14.6. The summed E-state index contributed by atoms with van der Waals surface area (Å²) >= 11 is 0. The number of likely N-dealkylation sites (N-methyl/N-ethyl adjacent to an activating group) is 1. The first kappa shape index (κ1) is 97.0. The molecule has 0 saturated carbocycles. The van der Waals surface area contributed by atoms with Crippen molar-refractivity contribution >= 4 is 163 Å². The number of amides is 9. The maximum absolute atomic E-state index is 12.8. The molecule has 20 aromatic rings. The summed E-state index contributed by atoms with van der Waals surface area (Å²) in [6.45, 7) is 4.90. The summed E-state index contributed by atoms with van der Waals surface area (Å²) in [5.41, 5.74) is 19.0. The highest BCUT2D eigenvalue weighted by atomic mass is 32.2. The largest absolute Gasteiger partial charge is 0.345 e. The van der Waals surface area contributed by atoms with Crippen molar-refractivity contribution in [2.45, 2.75) is 12.8 Å². The van der Waals surface area contributed by atoms with Crippen molar-refractivity contribution in [3.8, 4) is 90.6 Å². The summed E-state index contributed by atoms with van der Waals surface area (Å²) in [5, 5.41) is 40.9. The molecule has 2 aliphatic heterocycles. The molecule has 2 fully saturated rings. The van der Waals surface area contributed by atoms with Crippen LogP contribution in [0.2, 0.25) is 0 Å². The van der Waals surface area contributed by atoms with Crippen LogP contribution in [0.4, 0.5) is 32.3 Å². The van der Waals surface area contributed by atoms with E-state index in [2.05, 4.69) is 168 Å². The molecule has 9 amide bonds. The molecule has 12 N–H and O–H groups in total. The van der Waals surface area contributed by atoms with Crippen molar-refractivity contribution < 1.29 is 42.0 Å². The molecule has 22 heterocycles. The second-order valence-electron chi connectivity index (χ2n) is 36.1. The van der Waals surface area contributed by atoms with E-state index < -0.39 is 10.0 Å². The van der Waals surface area contributed by atoms with Crippen LogP contribution in [-0.2, 0) is 14.8 Å². The van der Waals surface area contributed by atoms with E-state index in [0.29, 0.717) is 187 Å². The topological polar surface area (TPSA) is 612 Å². The third-order valence-electron chi connectivity index (χ3n) is 24.4. The molecule has 0 spiro atoms. The van der Waals surface area contributed by atoms with Gasteiger partial charge in [-0.25, -0.2) is 57.9 Å². The van der Waals surface area contributed by atoms with E-state index in [9.17, 15) is 42.0 Å². The third kappa shape index (κ3) is 20.7. The van der Waals surface area contributed by atoms with Crippen LogP contribution in [0.15, 0.2) is 172 Å². The molecule has 0 aromatic carbocycles. The number of aromatic nitrogens is 28. The van der Waals surface area contributed by atoms with Gasteiger partial charge in [0.05, 0.1) is 144 Å². The van der Waals surface area contributed by atoms with Gasteiger partial charge in [-0.1, -0.05) is 0 Å². The molecule has 2 saturated heterocycles. The Bertz CT molecular complexity index is 8380. The van der Waals surface area contributed by atoms with E-state index in [1.54, 1.807) is 174 Å². The average Bonchev–Trinajstić information content (AvgIpc) is 1.63. The van der Waals surface area contributed by atoms with Crippen molar-refractivity contribution in [2.75, 3.05) is 151 Å². The van der Waals surface area contributed by atoms with Crippen molar-refractivity contribution in [2.24, 2.45) is 5.92 Å². The van der Waals surface area contributed by atoms with E-state index in [1.165, 1.54) is 55.5 Å². The summed E-state index contributed by atoms with van der Waals surface area (Å²) in [5.74, 6) is 1.29. The molecule has 2 aliphatic rings. The molecule has 744 valence electrons. The summed E-state index contributed by atoms with van der Waals surface area (Å²) in [4.78, 5) is 185. The summed E-state index contributed by atoms with van der Waals surface area (Å²) in [6.07, 6.45) is 35.1. The molecule has 22 rings (SSSR count). The smallest absolute Gasteiger partial charge is 0.321 e. The van der Waals surface area contributed by atoms with Gasteiger partial charge in [0.2, 0.25) is 15.9 Å². The second-order valence-corrected chi connectivity index (χ2v) is 37.8. The molecule has 0 radical (unpaired) electrons. The predicted molar refractivity (Wildman–Crippen MR) is 550 cm³/mol. The Kier molecular flexibility index (Phi) is 26.8. The first-order valence-corrected chi connectivity index (χ1v) is 47.8. The number of piperidine rings is 1. The lowest BCUT2D eigenvalue weighted by Crippen LogP contribution is -2.48. The lowest BCUT2D eigenvalue weighted by molar-refractivity contribution is -0.121. The minimum atomic E-state index is -3.44. The molecule has 49 nitrogen and oxygen atoms in total. The number of pyridine rings is 12. The fourth-order valence-electron chi connectivity index (χ4n) is 16.6. The minimum Gasteiger partial charge on any atom is -0.345 e. The molecule has 20 aromatic heterocycles. The molecular formula is C97H96N40O9S. The zero-order chi connectivity index (χ0) is 103. The van der Waals surface area contributed by atoms with Gasteiger partial charge in [0, 0.05) is 221 Å². The van der Waals surface area contributed by atoms with Gasteiger partial charge in [0.15, 0.2) is 45.9 Å². The number of rotatable bonds is 18. The van der Waals surface area contributed by atoms with Gasteiger partial charge in [-0.2, -0.15) is 20.4 Å². The van der Waals surface area contributed by atoms with Crippen LogP contribution >= 0.6 is 0 Å². The number of hydrogen-bond donors (Lipinski definition) is 12. The Labute approximate surface area is 834 Å². The number of carbonyl (C=O) groups is 7. The maximum atomic E-state index is 12.8. The number of fused-ring (bicyclic) bond motifs is 8. The Hall–Kier alpha value is -18.9. The molecular weight excluding hydrogens is 1900 g/mol. The van der Waals surface area contributed by atoms with Gasteiger partial charge in [0.1, 0.15) is 44.8 Å². The normalized spacial score (nSPS) is 13.0. The monoisotopic (exact) mass is 2000 g/mol. The van der Waals surface area contributed by atoms with Crippen molar-refractivity contribution in [3.63, 3.8) is 0 Å². The first-order chi connectivity index (χ1) is 70.7. The summed E-state index contributed by atoms with van der Waals surface area (Å²) < 4.78 is 25.5. The predicted octanol–water partition coefficient (Wildman–Crippen LogP) is 10.2. The van der Waals surface area contributed by atoms with Gasteiger partial charge in [-0.3, -0.25) is 89.0 Å². The van der Waals surface area contributed by atoms with Gasteiger partial charge >= 0.3 is 12.1 Å². The number of hydrogen-bond acceptors (Lipinski definition) is 31. The fourth-order valence-corrected chi connectivity index (χ4v) is 17.1. The molecule has 0 aliphatic carbocycles. The Morgan fingerprint density at radius 1 is 0.327 bits per heavy atom. The van der Waals surface area contributed by atoms with Gasteiger partial charge in [0.25, 0.3) is 23.6 Å². The zero-order valence-electron chi connectivity index (χ0n) is 81.5. The minimum absolute atomic E-state index is 0.00362. The maximum Gasteiger partial charge on any atom is 0.321 e. The number of carbonyl (C=O) groups excluding carboxylic acids is 7.